The van der Waals surface area contributed by atoms with Crippen molar-refractivity contribution in [1.29, 1.82) is 0 Å². The zero-order valence-corrected chi connectivity index (χ0v) is 15.1. The number of hydrogen-bond acceptors (Lipinski definition) is 2. The summed E-state index contributed by atoms with van der Waals surface area (Å²) >= 11 is 5.36. The highest BCUT2D eigenvalue weighted by Gasteiger charge is 2.02. The molecule has 0 saturated heterocycles. The summed E-state index contributed by atoms with van der Waals surface area (Å²) in [6.07, 6.45) is 0. The monoisotopic (exact) mass is 327 g/mol. The largest absolute Gasteiger partial charge is 0.373 e. The molecule has 2 rings (SSSR count). The van der Waals surface area contributed by atoms with Gasteiger partial charge in [0.15, 0.2) is 5.11 Å². The van der Waals surface area contributed by atoms with Gasteiger partial charge in [-0.25, -0.2) is 0 Å². The van der Waals surface area contributed by atoms with Crippen LogP contribution >= 0.6 is 12.2 Å². The summed E-state index contributed by atoms with van der Waals surface area (Å²) in [5, 5.41) is 7.15. The highest BCUT2D eigenvalue weighted by molar-refractivity contribution is 7.80. The van der Waals surface area contributed by atoms with Gasteiger partial charge >= 0.3 is 0 Å². The molecule has 2 N–H and O–H groups in total. The van der Waals surface area contributed by atoms with E-state index in [1.165, 1.54) is 22.4 Å². The first-order chi connectivity index (χ1) is 11.0. The highest BCUT2D eigenvalue weighted by atomic mass is 32.1. The average molecular weight is 327 g/mol. The predicted octanol–water partition coefficient (Wildman–Crippen LogP) is 4.03. The lowest BCUT2D eigenvalue weighted by Crippen LogP contribution is -2.35. The summed E-state index contributed by atoms with van der Waals surface area (Å²) in [4.78, 5) is 2.21. The van der Waals surface area contributed by atoms with Crippen molar-refractivity contribution in [2.45, 2.75) is 20.8 Å². The van der Waals surface area contributed by atoms with Crippen molar-refractivity contribution in [2.24, 2.45) is 0 Å². The maximum atomic E-state index is 5.36. The fourth-order valence-corrected chi connectivity index (χ4v) is 2.48. The molecule has 0 aliphatic carbocycles. The lowest BCUT2D eigenvalue weighted by molar-refractivity contribution is 0.827. The number of anilines is 2. The van der Waals surface area contributed by atoms with Gasteiger partial charge in [-0.1, -0.05) is 23.8 Å². The van der Waals surface area contributed by atoms with E-state index in [0.717, 1.165) is 18.8 Å². The first kappa shape index (κ1) is 17.3. The Morgan fingerprint density at radius 1 is 1.00 bits per heavy atom. The maximum absolute atomic E-state index is 5.36. The maximum Gasteiger partial charge on any atom is 0.170 e. The molecule has 3 nitrogen and oxygen atoms in total. The fraction of sp³-hybridized carbons (Fsp3) is 0.316. The van der Waals surface area contributed by atoms with Gasteiger partial charge in [-0.15, -0.1) is 0 Å². The van der Waals surface area contributed by atoms with E-state index >= 15 is 0 Å². The van der Waals surface area contributed by atoms with Gasteiger partial charge in [0.05, 0.1) is 0 Å². The summed E-state index contributed by atoms with van der Waals surface area (Å²) in [6, 6.07) is 14.8. The van der Waals surface area contributed by atoms with E-state index < -0.39 is 0 Å². The Bertz CT molecular complexity index is 665. The van der Waals surface area contributed by atoms with Crippen LogP contribution < -0.4 is 15.5 Å². The molecule has 0 radical (unpaired) electrons. The molecule has 0 atom stereocenters. The molecule has 2 aromatic carbocycles. The summed E-state index contributed by atoms with van der Waals surface area (Å²) in [5.41, 5.74) is 6.06. The Hall–Kier alpha value is -2.07. The standard InChI is InChI=1S/C19H25N3S/c1-14-5-9-18(10-6-14)22(4)12-11-20-19(23)21-17-8-7-15(2)16(3)13-17/h5-10,13H,11-12H2,1-4H3,(H2,20,21,23). The van der Waals surface area contributed by atoms with E-state index in [2.05, 4.69) is 85.8 Å². The number of nitrogens with zero attached hydrogens (tertiary/aromatic N) is 1. The predicted molar refractivity (Wildman–Crippen MR) is 105 cm³/mol. The second-order valence-electron chi connectivity index (χ2n) is 5.94. The van der Waals surface area contributed by atoms with E-state index in [1.807, 2.05) is 0 Å². The van der Waals surface area contributed by atoms with Crippen LogP contribution in [0.25, 0.3) is 0 Å². The Morgan fingerprint density at radius 2 is 1.70 bits per heavy atom. The van der Waals surface area contributed by atoms with Crippen LogP contribution in [-0.2, 0) is 0 Å². The van der Waals surface area contributed by atoms with E-state index in [0.29, 0.717) is 5.11 Å². The van der Waals surface area contributed by atoms with Gasteiger partial charge in [-0.2, -0.15) is 0 Å². The van der Waals surface area contributed by atoms with Crippen LogP contribution in [0.2, 0.25) is 0 Å². The van der Waals surface area contributed by atoms with Gasteiger partial charge in [-0.3, -0.25) is 0 Å². The SMILES string of the molecule is Cc1ccc(N(C)CCNC(=S)Nc2ccc(C)c(C)c2)cc1. The first-order valence-corrected chi connectivity index (χ1v) is 8.26. The van der Waals surface area contributed by atoms with Crippen molar-refractivity contribution in [2.75, 3.05) is 30.4 Å². The van der Waals surface area contributed by atoms with Crippen LogP contribution in [0.3, 0.4) is 0 Å². The average Bonchev–Trinajstić information content (AvgIpc) is 2.51. The Morgan fingerprint density at radius 3 is 2.35 bits per heavy atom. The van der Waals surface area contributed by atoms with Gasteiger partial charge in [0.2, 0.25) is 0 Å². The molecule has 0 unspecified atom stereocenters. The second kappa shape index (κ2) is 7.97. The topological polar surface area (TPSA) is 27.3 Å². The molecule has 0 aromatic heterocycles. The number of hydrogen-bond donors (Lipinski definition) is 2. The van der Waals surface area contributed by atoms with E-state index in [9.17, 15) is 0 Å². The van der Waals surface area contributed by atoms with E-state index in [4.69, 9.17) is 12.2 Å². The van der Waals surface area contributed by atoms with Crippen molar-refractivity contribution >= 4 is 28.7 Å². The molecule has 0 aliphatic rings. The molecule has 2 aromatic rings. The molecule has 0 bridgehead atoms. The van der Waals surface area contributed by atoms with Crippen LogP contribution in [0.1, 0.15) is 16.7 Å². The molecule has 0 fully saturated rings. The van der Waals surface area contributed by atoms with Crippen molar-refractivity contribution in [3.63, 3.8) is 0 Å². The van der Waals surface area contributed by atoms with Gasteiger partial charge in [-0.05, 0) is 68.4 Å². The van der Waals surface area contributed by atoms with Crippen molar-refractivity contribution < 1.29 is 0 Å². The normalized spacial score (nSPS) is 10.3. The molecule has 0 spiro atoms. The van der Waals surface area contributed by atoms with Crippen LogP contribution in [0.15, 0.2) is 42.5 Å². The molecule has 0 heterocycles. The third-order valence-corrected chi connectivity index (χ3v) is 4.22. The first-order valence-electron chi connectivity index (χ1n) is 7.85. The van der Waals surface area contributed by atoms with Gasteiger partial charge < -0.3 is 15.5 Å². The smallest absolute Gasteiger partial charge is 0.170 e. The summed E-state index contributed by atoms with van der Waals surface area (Å²) < 4.78 is 0. The quantitative estimate of drug-likeness (QED) is 0.811. The van der Waals surface area contributed by atoms with E-state index in [1.54, 1.807) is 0 Å². The minimum atomic E-state index is 0.658. The third kappa shape index (κ3) is 5.25. The molecule has 0 aliphatic heterocycles. The highest BCUT2D eigenvalue weighted by Crippen LogP contribution is 2.14. The van der Waals surface area contributed by atoms with Gasteiger partial charge in [0.1, 0.15) is 0 Å². The van der Waals surface area contributed by atoms with Crippen LogP contribution in [0.5, 0.6) is 0 Å². The molecule has 0 saturated carbocycles. The Balaban J connectivity index is 1.78. The minimum absolute atomic E-state index is 0.658. The number of rotatable bonds is 5. The molecule has 0 amide bonds. The zero-order chi connectivity index (χ0) is 16.8. The number of thiocarbonyl (C=S) groups is 1. The van der Waals surface area contributed by atoms with Gasteiger partial charge in [0, 0.05) is 31.5 Å². The molecule has 23 heavy (non-hydrogen) atoms. The summed E-state index contributed by atoms with van der Waals surface area (Å²) in [5.74, 6) is 0. The number of likely N-dealkylation sites (N-methyl/N-ethyl adjacent to an activating group) is 1. The molecular formula is C19H25N3S. The van der Waals surface area contributed by atoms with Crippen molar-refractivity contribution in [3.8, 4) is 0 Å². The number of aryl methyl sites for hydroxylation is 3. The van der Waals surface area contributed by atoms with Crippen LogP contribution in [0, 0.1) is 20.8 Å². The zero-order valence-electron chi connectivity index (χ0n) is 14.3. The number of benzene rings is 2. The summed E-state index contributed by atoms with van der Waals surface area (Å²) in [7, 11) is 2.09. The fourth-order valence-electron chi connectivity index (χ4n) is 2.26. The lowest BCUT2D eigenvalue weighted by atomic mass is 10.1. The Kier molecular flexibility index (Phi) is 5.99. The van der Waals surface area contributed by atoms with E-state index in [-0.39, 0.29) is 0 Å². The summed E-state index contributed by atoms with van der Waals surface area (Å²) in [6.45, 7) is 7.99. The Labute approximate surface area is 144 Å². The van der Waals surface area contributed by atoms with Crippen LogP contribution in [0.4, 0.5) is 11.4 Å². The molecule has 4 heteroatoms. The lowest BCUT2D eigenvalue weighted by Gasteiger charge is -2.20. The third-order valence-electron chi connectivity index (χ3n) is 3.97. The number of nitrogens with one attached hydrogen (secondary N) is 2. The van der Waals surface area contributed by atoms with Crippen molar-refractivity contribution in [1.82, 2.24) is 5.32 Å². The van der Waals surface area contributed by atoms with Crippen LogP contribution in [-0.4, -0.2) is 25.2 Å². The molecule has 122 valence electrons. The molecular weight excluding hydrogens is 302 g/mol. The van der Waals surface area contributed by atoms with Crippen molar-refractivity contribution in [3.05, 3.63) is 59.2 Å². The minimum Gasteiger partial charge on any atom is -0.373 e. The van der Waals surface area contributed by atoms with Gasteiger partial charge in [0.25, 0.3) is 0 Å². The second-order valence-corrected chi connectivity index (χ2v) is 6.35.